The average molecular weight is 373 g/mol. The lowest BCUT2D eigenvalue weighted by molar-refractivity contribution is 0.0529. The highest BCUT2D eigenvalue weighted by Gasteiger charge is 2.26. The van der Waals surface area contributed by atoms with Crippen LogP contribution in [0.4, 0.5) is 5.00 Å². The Labute approximate surface area is 160 Å². The van der Waals surface area contributed by atoms with Gasteiger partial charge in [-0.25, -0.2) is 4.79 Å². The Morgan fingerprint density at radius 3 is 2.73 bits per heavy atom. The highest BCUT2D eigenvalue weighted by molar-refractivity contribution is 7.17. The minimum Gasteiger partial charge on any atom is -0.462 e. The molecule has 1 fully saturated rings. The van der Waals surface area contributed by atoms with E-state index in [4.69, 9.17) is 10.5 Å². The van der Waals surface area contributed by atoms with Crippen LogP contribution in [-0.2, 0) is 11.3 Å². The van der Waals surface area contributed by atoms with Gasteiger partial charge in [0.05, 0.1) is 6.61 Å². The van der Waals surface area contributed by atoms with E-state index in [2.05, 4.69) is 43.0 Å². The number of thiophene rings is 1. The van der Waals surface area contributed by atoms with E-state index in [1.807, 2.05) is 6.92 Å². The van der Waals surface area contributed by atoms with Gasteiger partial charge in [0, 0.05) is 23.5 Å². The van der Waals surface area contributed by atoms with Gasteiger partial charge >= 0.3 is 5.97 Å². The smallest absolute Gasteiger partial charge is 0.341 e. The third kappa shape index (κ3) is 4.10. The molecule has 2 N–H and O–H groups in total. The zero-order valence-corrected chi connectivity index (χ0v) is 16.7. The Balaban J connectivity index is 2.01. The van der Waals surface area contributed by atoms with Crippen LogP contribution in [0.2, 0.25) is 0 Å². The van der Waals surface area contributed by atoms with Crippen molar-refractivity contribution in [2.75, 3.05) is 25.4 Å². The molecule has 1 aromatic heterocycles. The molecule has 1 aliphatic rings. The van der Waals surface area contributed by atoms with Crippen LogP contribution in [0, 0.1) is 12.8 Å². The lowest BCUT2D eigenvalue weighted by Crippen LogP contribution is -2.33. The zero-order chi connectivity index (χ0) is 18.7. The number of aryl methyl sites for hydroxylation is 1. The van der Waals surface area contributed by atoms with E-state index in [1.54, 1.807) is 0 Å². The topological polar surface area (TPSA) is 55.6 Å². The molecule has 0 radical (unpaired) electrons. The van der Waals surface area contributed by atoms with E-state index in [-0.39, 0.29) is 5.97 Å². The zero-order valence-electron chi connectivity index (χ0n) is 15.9. The molecular weight excluding hydrogens is 344 g/mol. The van der Waals surface area contributed by atoms with Crippen molar-refractivity contribution in [3.05, 3.63) is 40.3 Å². The molecule has 2 heterocycles. The number of anilines is 1. The number of esters is 1. The van der Waals surface area contributed by atoms with Crippen molar-refractivity contribution in [2.24, 2.45) is 5.92 Å². The normalized spacial score (nSPS) is 18.0. The van der Waals surface area contributed by atoms with E-state index < -0.39 is 0 Å². The summed E-state index contributed by atoms with van der Waals surface area (Å²) in [6, 6.07) is 8.29. The summed E-state index contributed by atoms with van der Waals surface area (Å²) < 4.78 is 5.29. The lowest BCUT2D eigenvalue weighted by Gasteiger charge is -2.30. The molecule has 0 aliphatic carbocycles. The molecule has 0 saturated carbocycles. The van der Waals surface area contributed by atoms with Crippen molar-refractivity contribution in [1.82, 2.24) is 4.90 Å². The number of hydrogen-bond acceptors (Lipinski definition) is 5. The van der Waals surface area contributed by atoms with Gasteiger partial charge in [-0.15, -0.1) is 11.3 Å². The largest absolute Gasteiger partial charge is 0.462 e. The fourth-order valence-corrected chi connectivity index (χ4v) is 4.80. The van der Waals surface area contributed by atoms with E-state index in [0.717, 1.165) is 35.6 Å². The minimum atomic E-state index is -0.324. The molecule has 3 rings (SSSR count). The molecule has 4 nitrogen and oxygen atoms in total. The first-order chi connectivity index (χ1) is 12.5. The molecule has 140 valence electrons. The first kappa shape index (κ1) is 18.9. The van der Waals surface area contributed by atoms with Gasteiger partial charge < -0.3 is 10.5 Å². The monoisotopic (exact) mass is 372 g/mol. The second kappa shape index (κ2) is 8.23. The molecule has 0 bridgehead atoms. The van der Waals surface area contributed by atoms with Crippen LogP contribution in [0.3, 0.4) is 0 Å². The fraction of sp³-hybridized carbons (Fsp3) is 0.476. The van der Waals surface area contributed by atoms with E-state index in [0.29, 0.717) is 23.1 Å². The highest BCUT2D eigenvalue weighted by Crippen LogP contribution is 2.40. The van der Waals surface area contributed by atoms with Gasteiger partial charge in [0.1, 0.15) is 10.6 Å². The van der Waals surface area contributed by atoms with Crippen molar-refractivity contribution < 1.29 is 9.53 Å². The minimum absolute atomic E-state index is 0.324. The van der Waals surface area contributed by atoms with E-state index in [9.17, 15) is 4.79 Å². The molecule has 26 heavy (non-hydrogen) atoms. The number of nitrogens with two attached hydrogens (primary N) is 1. The molecular formula is C21H28N2O2S. The number of piperidine rings is 1. The Morgan fingerprint density at radius 2 is 2.08 bits per heavy atom. The van der Waals surface area contributed by atoms with Crippen molar-refractivity contribution in [1.29, 1.82) is 0 Å². The van der Waals surface area contributed by atoms with Crippen molar-refractivity contribution in [2.45, 2.75) is 40.2 Å². The van der Waals surface area contributed by atoms with E-state index in [1.165, 1.54) is 29.7 Å². The molecule has 1 saturated heterocycles. The van der Waals surface area contributed by atoms with Crippen LogP contribution >= 0.6 is 11.3 Å². The summed E-state index contributed by atoms with van der Waals surface area (Å²) in [5.74, 6) is 0.392. The van der Waals surface area contributed by atoms with Crippen molar-refractivity contribution >= 4 is 22.3 Å². The van der Waals surface area contributed by atoms with Crippen LogP contribution in [0.5, 0.6) is 0 Å². The standard InChI is InChI=1S/C21H28N2O2S/c1-4-25-21(24)19-18(16-9-7-14(2)8-10-16)17(26-20(19)22)13-23-11-5-6-15(3)12-23/h7-10,15H,4-6,11-13,22H2,1-3H3. The van der Waals surface area contributed by atoms with E-state index >= 15 is 0 Å². The van der Waals surface area contributed by atoms with Crippen LogP contribution in [0.25, 0.3) is 11.1 Å². The molecule has 0 amide bonds. The number of hydrogen-bond donors (Lipinski definition) is 1. The Bertz CT molecular complexity index is 767. The molecule has 1 aromatic carbocycles. The third-order valence-corrected chi connectivity index (χ3v) is 5.94. The number of ether oxygens (including phenoxy) is 1. The van der Waals surface area contributed by atoms with Gasteiger partial charge in [0.2, 0.25) is 0 Å². The molecule has 1 atom stereocenters. The molecule has 0 spiro atoms. The van der Waals surface area contributed by atoms with Crippen LogP contribution in [-0.4, -0.2) is 30.6 Å². The number of carbonyl (C=O) groups is 1. The summed E-state index contributed by atoms with van der Waals surface area (Å²) in [6.07, 6.45) is 2.52. The van der Waals surface area contributed by atoms with Crippen LogP contribution < -0.4 is 5.73 Å². The molecule has 1 unspecified atom stereocenters. The van der Waals surface area contributed by atoms with Crippen LogP contribution in [0.1, 0.15) is 47.5 Å². The summed E-state index contributed by atoms with van der Waals surface area (Å²) >= 11 is 1.52. The van der Waals surface area contributed by atoms with Gasteiger partial charge in [-0.05, 0) is 44.7 Å². The van der Waals surface area contributed by atoms with Gasteiger partial charge in [-0.2, -0.15) is 0 Å². The number of nitrogen functional groups attached to an aromatic ring is 1. The quantitative estimate of drug-likeness (QED) is 0.772. The first-order valence-electron chi connectivity index (χ1n) is 9.37. The Kier molecular flexibility index (Phi) is 5.99. The number of nitrogens with zero attached hydrogens (tertiary/aromatic N) is 1. The maximum Gasteiger partial charge on any atom is 0.341 e. The van der Waals surface area contributed by atoms with Crippen molar-refractivity contribution in [3.63, 3.8) is 0 Å². The van der Waals surface area contributed by atoms with Gasteiger partial charge in [0.15, 0.2) is 0 Å². The summed E-state index contributed by atoms with van der Waals surface area (Å²) in [6.45, 7) is 9.57. The Morgan fingerprint density at radius 1 is 1.35 bits per heavy atom. The SMILES string of the molecule is CCOC(=O)c1c(N)sc(CN2CCCC(C)C2)c1-c1ccc(C)cc1. The average Bonchev–Trinajstić information content (AvgIpc) is 2.92. The predicted octanol–water partition coefficient (Wildman–Crippen LogP) is 4.71. The maximum atomic E-state index is 12.6. The number of benzene rings is 1. The second-order valence-corrected chi connectivity index (χ2v) is 8.35. The van der Waals surface area contributed by atoms with Crippen LogP contribution in [0.15, 0.2) is 24.3 Å². The fourth-order valence-electron chi connectivity index (χ4n) is 3.67. The number of carbonyl (C=O) groups excluding carboxylic acids is 1. The highest BCUT2D eigenvalue weighted by atomic mass is 32.1. The number of rotatable bonds is 5. The predicted molar refractivity (Wildman–Crippen MR) is 109 cm³/mol. The Hall–Kier alpha value is -1.85. The van der Waals surface area contributed by atoms with Gasteiger partial charge in [-0.3, -0.25) is 4.90 Å². The second-order valence-electron chi connectivity index (χ2n) is 7.21. The van der Waals surface area contributed by atoms with Gasteiger partial charge in [-0.1, -0.05) is 36.8 Å². The third-order valence-electron chi connectivity index (χ3n) is 4.94. The molecule has 2 aromatic rings. The number of likely N-dealkylation sites (tertiary alicyclic amines) is 1. The van der Waals surface area contributed by atoms with Gasteiger partial charge in [0.25, 0.3) is 0 Å². The first-order valence-corrected chi connectivity index (χ1v) is 10.2. The van der Waals surface area contributed by atoms with Crippen molar-refractivity contribution in [3.8, 4) is 11.1 Å². The lowest BCUT2D eigenvalue weighted by atomic mass is 9.98. The summed E-state index contributed by atoms with van der Waals surface area (Å²) in [5.41, 5.74) is 9.98. The maximum absolute atomic E-state index is 12.6. The summed E-state index contributed by atoms with van der Waals surface area (Å²) in [7, 11) is 0. The molecule has 1 aliphatic heterocycles. The summed E-state index contributed by atoms with van der Waals surface area (Å²) in [5, 5.41) is 0.555. The molecule has 5 heteroatoms. The summed E-state index contributed by atoms with van der Waals surface area (Å²) in [4.78, 5) is 16.2.